The van der Waals surface area contributed by atoms with E-state index in [1.807, 2.05) is 32.6 Å². The molecule has 1 aliphatic heterocycles. The van der Waals surface area contributed by atoms with Gasteiger partial charge in [0.15, 0.2) is 0 Å². The number of piperazine rings is 1. The third-order valence-electron chi connectivity index (χ3n) is 3.40. The van der Waals surface area contributed by atoms with Crippen molar-refractivity contribution in [2.75, 3.05) is 24.5 Å². The first-order chi connectivity index (χ1) is 10.2. The Kier molecular flexibility index (Phi) is 4.30. The van der Waals surface area contributed by atoms with Gasteiger partial charge in [0.2, 0.25) is 0 Å². The zero-order chi connectivity index (χ0) is 16.5. The van der Waals surface area contributed by atoms with E-state index in [-0.39, 0.29) is 12.1 Å². The van der Waals surface area contributed by atoms with Gasteiger partial charge in [0.05, 0.1) is 0 Å². The number of aromatic nitrogens is 2. The summed E-state index contributed by atoms with van der Waals surface area (Å²) in [5.41, 5.74) is -1.10. The van der Waals surface area contributed by atoms with E-state index in [1.54, 1.807) is 4.90 Å². The first-order valence-corrected chi connectivity index (χ1v) is 7.24. The number of amides is 1. The number of hydrogen-bond acceptors (Lipinski definition) is 5. The summed E-state index contributed by atoms with van der Waals surface area (Å²) in [5.74, 6) is 0. The fraction of sp³-hybridized carbons (Fsp3) is 0.643. The summed E-state index contributed by atoms with van der Waals surface area (Å²) in [7, 11) is 0. The van der Waals surface area contributed by atoms with Crippen molar-refractivity contribution in [2.45, 2.75) is 39.3 Å². The lowest BCUT2D eigenvalue weighted by Gasteiger charge is -2.40. The molecular weight excluding hydrogens is 288 g/mol. The maximum atomic E-state index is 12.1. The molecule has 0 bridgehead atoms. The van der Waals surface area contributed by atoms with Gasteiger partial charge in [-0.1, -0.05) is 0 Å². The second-order valence-corrected chi connectivity index (χ2v) is 6.43. The standard InChI is InChI=1S/C14H22N4O4/c1-9-8-17(10-7-15-12(20)16-11(10)19)5-6-18(9)13(21)22-14(2,3)4/h7,9H,5-6,8H2,1-4H3,(H2,15,16,19,20)/t9-/m0/s1. The van der Waals surface area contributed by atoms with Gasteiger partial charge < -0.3 is 19.5 Å². The lowest BCUT2D eigenvalue weighted by molar-refractivity contribution is 0.0159. The van der Waals surface area contributed by atoms with Crippen molar-refractivity contribution in [1.29, 1.82) is 0 Å². The molecule has 0 unspecified atom stereocenters. The van der Waals surface area contributed by atoms with Crippen LogP contribution in [0, 0.1) is 0 Å². The van der Waals surface area contributed by atoms with Crippen LogP contribution in [0.15, 0.2) is 15.8 Å². The van der Waals surface area contributed by atoms with E-state index in [0.717, 1.165) is 0 Å². The Morgan fingerprint density at radius 3 is 2.55 bits per heavy atom. The fourth-order valence-corrected chi connectivity index (χ4v) is 2.41. The molecule has 0 radical (unpaired) electrons. The van der Waals surface area contributed by atoms with Crippen LogP contribution in [0.2, 0.25) is 0 Å². The van der Waals surface area contributed by atoms with E-state index in [9.17, 15) is 14.4 Å². The molecule has 1 atom stereocenters. The topological polar surface area (TPSA) is 98.5 Å². The van der Waals surface area contributed by atoms with Gasteiger partial charge in [-0.05, 0) is 27.7 Å². The van der Waals surface area contributed by atoms with Gasteiger partial charge in [-0.25, -0.2) is 9.59 Å². The minimum Gasteiger partial charge on any atom is -0.444 e. The molecule has 2 heterocycles. The Bertz CT molecular complexity index is 658. The zero-order valence-corrected chi connectivity index (χ0v) is 13.3. The predicted octanol–water partition coefficient (Wildman–Crippen LogP) is 0.509. The molecule has 2 rings (SSSR count). The Balaban J connectivity index is 2.08. The number of hydrogen-bond donors (Lipinski definition) is 2. The average molecular weight is 310 g/mol. The molecule has 2 N–H and O–H groups in total. The number of aromatic amines is 2. The fourth-order valence-electron chi connectivity index (χ4n) is 2.41. The van der Waals surface area contributed by atoms with Crippen LogP contribution in [0.4, 0.5) is 10.5 Å². The molecule has 1 amide bonds. The van der Waals surface area contributed by atoms with Gasteiger partial charge in [0.1, 0.15) is 11.3 Å². The van der Waals surface area contributed by atoms with Crippen molar-refractivity contribution in [3.8, 4) is 0 Å². The third kappa shape index (κ3) is 3.69. The summed E-state index contributed by atoms with van der Waals surface area (Å²) in [6, 6.07) is -0.102. The summed E-state index contributed by atoms with van der Waals surface area (Å²) in [5, 5.41) is 0. The summed E-state index contributed by atoms with van der Waals surface area (Å²) in [4.78, 5) is 43.2. The Morgan fingerprint density at radius 1 is 1.32 bits per heavy atom. The lowest BCUT2D eigenvalue weighted by Crippen LogP contribution is -2.56. The van der Waals surface area contributed by atoms with E-state index < -0.39 is 16.9 Å². The van der Waals surface area contributed by atoms with E-state index >= 15 is 0 Å². The third-order valence-corrected chi connectivity index (χ3v) is 3.40. The zero-order valence-electron chi connectivity index (χ0n) is 13.3. The molecule has 8 heteroatoms. The summed E-state index contributed by atoms with van der Waals surface area (Å²) < 4.78 is 5.38. The van der Waals surface area contributed by atoms with E-state index in [2.05, 4.69) is 9.97 Å². The molecule has 0 aromatic carbocycles. The van der Waals surface area contributed by atoms with Crippen molar-refractivity contribution in [3.05, 3.63) is 27.0 Å². The minimum atomic E-state index is -0.538. The molecule has 1 fully saturated rings. The van der Waals surface area contributed by atoms with E-state index in [0.29, 0.717) is 25.3 Å². The summed E-state index contributed by atoms with van der Waals surface area (Å²) >= 11 is 0. The van der Waals surface area contributed by atoms with E-state index in [4.69, 9.17) is 4.74 Å². The number of nitrogens with zero attached hydrogens (tertiary/aromatic N) is 2. The van der Waals surface area contributed by atoms with Crippen molar-refractivity contribution >= 4 is 11.8 Å². The molecule has 122 valence electrons. The maximum absolute atomic E-state index is 12.1. The van der Waals surface area contributed by atoms with Crippen LogP contribution in [0.3, 0.4) is 0 Å². The van der Waals surface area contributed by atoms with Gasteiger partial charge in [0, 0.05) is 31.9 Å². The van der Waals surface area contributed by atoms with Crippen LogP contribution in [-0.2, 0) is 4.74 Å². The molecule has 0 saturated carbocycles. The van der Waals surface area contributed by atoms with Crippen LogP contribution in [0.5, 0.6) is 0 Å². The molecule has 0 aliphatic carbocycles. The molecular formula is C14H22N4O4. The van der Waals surface area contributed by atoms with Crippen molar-refractivity contribution in [2.24, 2.45) is 0 Å². The molecule has 1 saturated heterocycles. The second-order valence-electron chi connectivity index (χ2n) is 6.43. The van der Waals surface area contributed by atoms with Crippen LogP contribution < -0.4 is 16.1 Å². The highest BCUT2D eigenvalue weighted by Crippen LogP contribution is 2.17. The Hall–Kier alpha value is -2.25. The normalized spacial score (nSPS) is 19.2. The van der Waals surface area contributed by atoms with Crippen LogP contribution >= 0.6 is 0 Å². The van der Waals surface area contributed by atoms with Crippen LogP contribution in [0.25, 0.3) is 0 Å². The molecule has 0 spiro atoms. The first-order valence-electron chi connectivity index (χ1n) is 7.24. The van der Waals surface area contributed by atoms with Crippen molar-refractivity contribution in [1.82, 2.24) is 14.9 Å². The minimum absolute atomic E-state index is 0.102. The number of rotatable bonds is 1. The van der Waals surface area contributed by atoms with E-state index in [1.165, 1.54) is 6.20 Å². The van der Waals surface area contributed by atoms with Crippen LogP contribution in [0.1, 0.15) is 27.7 Å². The van der Waals surface area contributed by atoms with Gasteiger partial charge in [-0.2, -0.15) is 0 Å². The average Bonchev–Trinajstić information content (AvgIpc) is 2.36. The van der Waals surface area contributed by atoms with Crippen molar-refractivity contribution in [3.63, 3.8) is 0 Å². The van der Waals surface area contributed by atoms with Gasteiger partial charge in [-0.3, -0.25) is 9.78 Å². The highest BCUT2D eigenvalue weighted by atomic mass is 16.6. The van der Waals surface area contributed by atoms with Gasteiger partial charge in [-0.15, -0.1) is 0 Å². The number of ether oxygens (including phenoxy) is 1. The Morgan fingerprint density at radius 2 is 2.00 bits per heavy atom. The van der Waals surface area contributed by atoms with Crippen molar-refractivity contribution < 1.29 is 9.53 Å². The molecule has 1 aromatic rings. The SMILES string of the molecule is C[C@H]1CN(c2c[nH]c(=O)[nH]c2=O)CCN1C(=O)OC(C)(C)C. The molecule has 8 nitrogen and oxygen atoms in total. The predicted molar refractivity (Wildman–Crippen MR) is 82.3 cm³/mol. The monoisotopic (exact) mass is 310 g/mol. The first kappa shape index (κ1) is 16.1. The number of nitrogens with one attached hydrogen (secondary N) is 2. The summed E-state index contributed by atoms with van der Waals surface area (Å²) in [6.45, 7) is 8.82. The smallest absolute Gasteiger partial charge is 0.410 e. The largest absolute Gasteiger partial charge is 0.444 e. The molecule has 1 aliphatic rings. The van der Waals surface area contributed by atoms with Gasteiger partial charge >= 0.3 is 11.8 Å². The second kappa shape index (κ2) is 5.86. The maximum Gasteiger partial charge on any atom is 0.410 e. The number of carbonyl (C=O) groups is 1. The number of anilines is 1. The number of H-pyrrole nitrogens is 2. The molecule has 22 heavy (non-hydrogen) atoms. The number of carbonyl (C=O) groups excluding carboxylic acids is 1. The Labute approximate surface area is 128 Å². The van der Waals surface area contributed by atoms with Gasteiger partial charge in [0.25, 0.3) is 5.56 Å². The van der Waals surface area contributed by atoms with Crippen LogP contribution in [-0.4, -0.2) is 52.2 Å². The highest BCUT2D eigenvalue weighted by molar-refractivity contribution is 5.69. The summed E-state index contributed by atoms with van der Waals surface area (Å²) in [6.07, 6.45) is 1.05. The highest BCUT2D eigenvalue weighted by Gasteiger charge is 2.31. The quantitative estimate of drug-likeness (QED) is 0.787. The lowest BCUT2D eigenvalue weighted by atomic mass is 10.2. The molecule has 1 aromatic heterocycles.